The minimum Gasteiger partial charge on any atom is -0.379 e. The Morgan fingerprint density at radius 1 is 1.33 bits per heavy atom. The summed E-state index contributed by atoms with van der Waals surface area (Å²) in [4.78, 5) is 4.53. The van der Waals surface area contributed by atoms with Crippen molar-refractivity contribution in [3.05, 3.63) is 29.3 Å². The number of fused-ring (bicyclic) bond motifs is 1. The van der Waals surface area contributed by atoms with Crippen LogP contribution in [0.1, 0.15) is 22.9 Å². The Bertz CT molecular complexity index is 663. The number of ether oxygens (including phenoxy) is 1. The summed E-state index contributed by atoms with van der Waals surface area (Å²) in [6, 6.07) is 0. The Labute approximate surface area is 143 Å². The van der Waals surface area contributed by atoms with Gasteiger partial charge in [0.15, 0.2) is 0 Å². The van der Waals surface area contributed by atoms with Gasteiger partial charge in [0.05, 0.1) is 25.1 Å². The summed E-state index contributed by atoms with van der Waals surface area (Å²) < 4.78 is 9.66. The minimum absolute atomic E-state index is 0.299. The molecule has 0 unspecified atom stereocenters. The quantitative estimate of drug-likeness (QED) is 0.676. The highest BCUT2D eigenvalue weighted by Crippen LogP contribution is 2.27. The highest BCUT2D eigenvalue weighted by molar-refractivity contribution is 5.20. The number of nitrogens with zero attached hydrogens (tertiary/aromatic N) is 7. The van der Waals surface area contributed by atoms with Gasteiger partial charge in [-0.05, 0) is 14.1 Å². The van der Waals surface area contributed by atoms with Crippen LogP contribution >= 0.6 is 0 Å². The molecule has 8 nitrogen and oxygen atoms in total. The zero-order valence-corrected chi connectivity index (χ0v) is 15.0. The van der Waals surface area contributed by atoms with Gasteiger partial charge in [-0.2, -0.15) is 5.10 Å². The van der Waals surface area contributed by atoms with Gasteiger partial charge in [0, 0.05) is 58.0 Å². The summed E-state index contributed by atoms with van der Waals surface area (Å²) in [5, 5.41) is 12.8. The Morgan fingerprint density at radius 2 is 2.17 bits per heavy atom. The molecule has 1 atom stereocenters. The molecule has 0 bridgehead atoms. The fourth-order valence-corrected chi connectivity index (χ4v) is 3.23. The van der Waals surface area contributed by atoms with E-state index in [1.54, 1.807) is 0 Å². The molecule has 0 N–H and O–H groups in total. The number of hydrogen-bond acceptors (Lipinski definition) is 6. The van der Waals surface area contributed by atoms with Crippen LogP contribution < -0.4 is 0 Å². The van der Waals surface area contributed by atoms with Gasteiger partial charge in [-0.3, -0.25) is 14.3 Å². The maximum absolute atomic E-state index is 5.91. The number of hydrogen-bond donors (Lipinski definition) is 0. The van der Waals surface area contributed by atoms with Crippen LogP contribution in [-0.2, 0) is 31.9 Å². The molecule has 0 spiro atoms. The first kappa shape index (κ1) is 17.1. The van der Waals surface area contributed by atoms with Gasteiger partial charge >= 0.3 is 0 Å². The molecule has 0 fully saturated rings. The highest BCUT2D eigenvalue weighted by atomic mass is 16.5. The summed E-state index contributed by atoms with van der Waals surface area (Å²) >= 11 is 0. The van der Waals surface area contributed by atoms with E-state index >= 15 is 0 Å². The van der Waals surface area contributed by atoms with Crippen molar-refractivity contribution >= 4 is 0 Å². The molecule has 0 aliphatic carbocycles. The molecule has 3 heterocycles. The lowest BCUT2D eigenvalue weighted by Gasteiger charge is -2.31. The Kier molecular flexibility index (Phi) is 5.27. The van der Waals surface area contributed by atoms with Crippen molar-refractivity contribution in [3.63, 3.8) is 0 Å². The van der Waals surface area contributed by atoms with E-state index in [1.165, 1.54) is 11.3 Å². The van der Waals surface area contributed by atoms with E-state index in [0.717, 1.165) is 38.5 Å². The SMILES string of the molecule is CN(C)CCOC[C@H]1CN(Cc2cnn(C)c2)Cc2nnn(C)c21. The van der Waals surface area contributed by atoms with Crippen molar-refractivity contribution in [2.45, 2.75) is 19.0 Å². The van der Waals surface area contributed by atoms with Crippen LogP contribution in [0.5, 0.6) is 0 Å². The maximum atomic E-state index is 5.91. The first-order chi connectivity index (χ1) is 11.5. The van der Waals surface area contributed by atoms with Crippen LogP contribution in [0.2, 0.25) is 0 Å². The molecule has 0 saturated carbocycles. The zero-order valence-electron chi connectivity index (χ0n) is 15.0. The summed E-state index contributed by atoms with van der Waals surface area (Å²) in [7, 11) is 8.03. The second-order valence-electron chi connectivity index (χ2n) is 6.81. The molecule has 1 aliphatic heterocycles. The first-order valence-corrected chi connectivity index (χ1v) is 8.33. The topological polar surface area (TPSA) is 64.2 Å². The van der Waals surface area contributed by atoms with Crippen LogP contribution in [0.15, 0.2) is 12.4 Å². The van der Waals surface area contributed by atoms with Crippen LogP contribution in [0.4, 0.5) is 0 Å². The molecular formula is C16H27N7O. The van der Waals surface area contributed by atoms with Gasteiger partial charge in [0.1, 0.15) is 5.69 Å². The molecule has 8 heteroatoms. The molecule has 2 aromatic heterocycles. The van der Waals surface area contributed by atoms with E-state index in [1.807, 2.05) is 29.7 Å². The van der Waals surface area contributed by atoms with Gasteiger partial charge < -0.3 is 9.64 Å². The van der Waals surface area contributed by atoms with E-state index in [-0.39, 0.29) is 0 Å². The standard InChI is InChI=1S/C16H27N7O/c1-20(2)5-6-24-12-14-10-23(9-13-7-17-21(3)8-13)11-15-16(14)22(4)19-18-15/h7-8,14H,5-6,9-12H2,1-4H3/t14-/m1/s1. The molecule has 132 valence electrons. The average molecular weight is 333 g/mol. The van der Waals surface area contributed by atoms with Crippen LogP contribution in [0.25, 0.3) is 0 Å². The number of aromatic nitrogens is 5. The van der Waals surface area contributed by atoms with Crippen molar-refractivity contribution in [2.75, 3.05) is 40.4 Å². The molecule has 1 aliphatic rings. The van der Waals surface area contributed by atoms with Crippen LogP contribution in [0.3, 0.4) is 0 Å². The highest BCUT2D eigenvalue weighted by Gasteiger charge is 2.30. The number of aryl methyl sites for hydroxylation is 2. The lowest BCUT2D eigenvalue weighted by molar-refractivity contribution is 0.0834. The third-order valence-electron chi connectivity index (χ3n) is 4.35. The van der Waals surface area contributed by atoms with Crippen molar-refractivity contribution in [2.24, 2.45) is 14.1 Å². The normalized spacial score (nSPS) is 18.3. The smallest absolute Gasteiger partial charge is 0.100 e. The molecule has 0 saturated heterocycles. The molecule has 24 heavy (non-hydrogen) atoms. The van der Waals surface area contributed by atoms with Gasteiger partial charge in [-0.15, -0.1) is 5.10 Å². The Morgan fingerprint density at radius 3 is 2.88 bits per heavy atom. The van der Waals surface area contributed by atoms with E-state index < -0.39 is 0 Å². The lowest BCUT2D eigenvalue weighted by atomic mass is 9.98. The summed E-state index contributed by atoms with van der Waals surface area (Å²) in [5.74, 6) is 0.299. The third kappa shape index (κ3) is 4.00. The molecule has 3 rings (SSSR count). The van der Waals surface area contributed by atoms with Crippen molar-refractivity contribution in [1.29, 1.82) is 0 Å². The zero-order chi connectivity index (χ0) is 17.1. The van der Waals surface area contributed by atoms with E-state index in [4.69, 9.17) is 4.74 Å². The van der Waals surface area contributed by atoms with Crippen LogP contribution in [-0.4, -0.2) is 75.0 Å². The first-order valence-electron chi connectivity index (χ1n) is 8.33. The second-order valence-corrected chi connectivity index (χ2v) is 6.81. The monoisotopic (exact) mass is 333 g/mol. The predicted molar refractivity (Wildman–Crippen MR) is 90.4 cm³/mol. The summed E-state index contributed by atoms with van der Waals surface area (Å²) in [6.07, 6.45) is 3.99. The Balaban J connectivity index is 1.65. The molecule has 0 radical (unpaired) electrons. The van der Waals surface area contributed by atoms with Crippen molar-refractivity contribution < 1.29 is 4.74 Å². The lowest BCUT2D eigenvalue weighted by Crippen LogP contribution is -2.36. The van der Waals surface area contributed by atoms with Gasteiger partial charge in [-0.1, -0.05) is 5.21 Å². The van der Waals surface area contributed by atoms with Gasteiger partial charge in [0.25, 0.3) is 0 Å². The van der Waals surface area contributed by atoms with Gasteiger partial charge in [0.2, 0.25) is 0 Å². The summed E-state index contributed by atoms with van der Waals surface area (Å²) in [5.41, 5.74) is 3.49. The predicted octanol–water partition coefficient (Wildman–Crippen LogP) is 0.226. The third-order valence-corrected chi connectivity index (χ3v) is 4.35. The second kappa shape index (κ2) is 7.42. The molecule has 2 aromatic rings. The fraction of sp³-hybridized carbons (Fsp3) is 0.688. The maximum Gasteiger partial charge on any atom is 0.100 e. The van der Waals surface area contributed by atoms with E-state index in [0.29, 0.717) is 12.5 Å². The van der Waals surface area contributed by atoms with Gasteiger partial charge in [-0.25, -0.2) is 0 Å². The molecule has 0 amide bonds. The fourth-order valence-electron chi connectivity index (χ4n) is 3.23. The molecular weight excluding hydrogens is 306 g/mol. The van der Waals surface area contributed by atoms with Crippen molar-refractivity contribution in [1.82, 2.24) is 34.6 Å². The number of likely N-dealkylation sites (N-methyl/N-ethyl adjacent to an activating group) is 1. The van der Waals surface area contributed by atoms with Crippen molar-refractivity contribution in [3.8, 4) is 0 Å². The Hall–Kier alpha value is -1.77. The average Bonchev–Trinajstić information content (AvgIpc) is 3.10. The molecule has 0 aromatic carbocycles. The number of rotatable bonds is 7. The largest absolute Gasteiger partial charge is 0.379 e. The van der Waals surface area contributed by atoms with Crippen LogP contribution in [0, 0.1) is 0 Å². The van der Waals surface area contributed by atoms with E-state index in [9.17, 15) is 0 Å². The minimum atomic E-state index is 0.299. The summed E-state index contributed by atoms with van der Waals surface area (Å²) in [6.45, 7) is 5.02. The van der Waals surface area contributed by atoms with E-state index in [2.05, 4.69) is 45.5 Å².